The van der Waals surface area contributed by atoms with Crippen molar-refractivity contribution in [1.82, 2.24) is 0 Å². The summed E-state index contributed by atoms with van der Waals surface area (Å²) in [6.45, 7) is 4.03. The van der Waals surface area contributed by atoms with Gasteiger partial charge in [0, 0.05) is 11.4 Å². The SMILES string of the molecule is Cc1cc(C)cc(-c2cc(CCl)ccc2F)c1. The van der Waals surface area contributed by atoms with Crippen LogP contribution in [0, 0.1) is 19.7 Å². The first-order chi connectivity index (χ1) is 8.10. The Morgan fingerprint density at radius 3 is 2.24 bits per heavy atom. The van der Waals surface area contributed by atoms with Crippen molar-refractivity contribution in [3.8, 4) is 11.1 Å². The van der Waals surface area contributed by atoms with Crippen LogP contribution in [0.2, 0.25) is 0 Å². The number of rotatable bonds is 2. The smallest absolute Gasteiger partial charge is 0.131 e. The van der Waals surface area contributed by atoms with Crippen molar-refractivity contribution in [3.05, 3.63) is 58.9 Å². The zero-order chi connectivity index (χ0) is 12.4. The first kappa shape index (κ1) is 12.1. The Hall–Kier alpha value is -1.34. The summed E-state index contributed by atoms with van der Waals surface area (Å²) in [5, 5.41) is 0. The van der Waals surface area contributed by atoms with E-state index in [1.807, 2.05) is 32.0 Å². The lowest BCUT2D eigenvalue weighted by Gasteiger charge is -2.08. The summed E-state index contributed by atoms with van der Waals surface area (Å²) in [5.41, 5.74) is 4.73. The topological polar surface area (TPSA) is 0 Å². The Balaban J connectivity index is 2.58. The number of hydrogen-bond acceptors (Lipinski definition) is 0. The number of halogens is 2. The van der Waals surface area contributed by atoms with Crippen molar-refractivity contribution in [2.75, 3.05) is 0 Å². The Bertz CT molecular complexity index is 526. The second kappa shape index (κ2) is 4.89. The molecule has 88 valence electrons. The molecular weight excluding hydrogens is 235 g/mol. The number of hydrogen-bond donors (Lipinski definition) is 0. The zero-order valence-corrected chi connectivity index (χ0v) is 10.7. The summed E-state index contributed by atoms with van der Waals surface area (Å²) >= 11 is 5.78. The van der Waals surface area contributed by atoms with E-state index in [1.54, 1.807) is 6.07 Å². The maximum Gasteiger partial charge on any atom is 0.131 e. The number of benzene rings is 2. The second-order valence-electron chi connectivity index (χ2n) is 4.32. The summed E-state index contributed by atoms with van der Waals surface area (Å²) in [7, 11) is 0. The molecule has 0 aliphatic heterocycles. The van der Waals surface area contributed by atoms with Crippen LogP contribution in [0.15, 0.2) is 36.4 Å². The van der Waals surface area contributed by atoms with Gasteiger partial charge in [-0.3, -0.25) is 0 Å². The Morgan fingerprint density at radius 2 is 1.65 bits per heavy atom. The maximum atomic E-state index is 13.8. The van der Waals surface area contributed by atoms with Crippen molar-refractivity contribution in [2.45, 2.75) is 19.7 Å². The Kier molecular flexibility index (Phi) is 3.49. The van der Waals surface area contributed by atoms with Gasteiger partial charge in [-0.15, -0.1) is 11.6 Å². The molecule has 0 radical (unpaired) electrons. The predicted molar refractivity (Wildman–Crippen MR) is 70.9 cm³/mol. The maximum absolute atomic E-state index is 13.8. The summed E-state index contributed by atoms with van der Waals surface area (Å²) in [6, 6.07) is 11.1. The lowest BCUT2D eigenvalue weighted by molar-refractivity contribution is 0.631. The second-order valence-corrected chi connectivity index (χ2v) is 4.59. The van der Waals surface area contributed by atoms with Crippen LogP contribution < -0.4 is 0 Å². The predicted octanol–water partition coefficient (Wildman–Crippen LogP) is 4.85. The molecule has 0 bridgehead atoms. The van der Waals surface area contributed by atoms with Crippen LogP contribution in [0.5, 0.6) is 0 Å². The Morgan fingerprint density at radius 1 is 1.00 bits per heavy atom. The molecule has 0 saturated carbocycles. The van der Waals surface area contributed by atoms with Gasteiger partial charge in [0.1, 0.15) is 5.82 Å². The van der Waals surface area contributed by atoms with Crippen LogP contribution in [0.25, 0.3) is 11.1 Å². The van der Waals surface area contributed by atoms with Crippen LogP contribution in [0.3, 0.4) is 0 Å². The van der Waals surface area contributed by atoms with Crippen molar-refractivity contribution in [1.29, 1.82) is 0 Å². The molecule has 0 nitrogen and oxygen atoms in total. The fraction of sp³-hybridized carbons (Fsp3) is 0.200. The molecule has 2 aromatic rings. The molecule has 2 rings (SSSR count). The number of aryl methyl sites for hydroxylation is 2. The van der Waals surface area contributed by atoms with Gasteiger partial charge in [-0.2, -0.15) is 0 Å². The highest BCUT2D eigenvalue weighted by Crippen LogP contribution is 2.26. The van der Waals surface area contributed by atoms with E-state index < -0.39 is 0 Å². The zero-order valence-electron chi connectivity index (χ0n) is 9.93. The molecule has 0 fully saturated rings. The van der Waals surface area contributed by atoms with E-state index in [0.29, 0.717) is 11.4 Å². The van der Waals surface area contributed by atoms with Crippen LogP contribution in [0.4, 0.5) is 4.39 Å². The van der Waals surface area contributed by atoms with Gasteiger partial charge in [0.05, 0.1) is 0 Å². The average Bonchev–Trinajstić information content (AvgIpc) is 2.28. The molecule has 0 atom stereocenters. The summed E-state index contributed by atoms with van der Waals surface area (Å²) < 4.78 is 13.8. The normalized spacial score (nSPS) is 10.6. The quantitative estimate of drug-likeness (QED) is 0.667. The molecule has 0 N–H and O–H groups in total. The van der Waals surface area contributed by atoms with Crippen molar-refractivity contribution in [3.63, 3.8) is 0 Å². The van der Waals surface area contributed by atoms with Crippen LogP contribution in [-0.4, -0.2) is 0 Å². The largest absolute Gasteiger partial charge is 0.206 e. The standard InChI is InChI=1S/C15H14ClF/c1-10-5-11(2)7-13(6-10)14-8-12(9-16)3-4-15(14)17/h3-8H,9H2,1-2H3. The van der Waals surface area contributed by atoms with Crippen LogP contribution in [0.1, 0.15) is 16.7 Å². The fourth-order valence-electron chi connectivity index (χ4n) is 2.01. The number of alkyl halides is 1. The van der Waals surface area contributed by atoms with E-state index >= 15 is 0 Å². The minimum absolute atomic E-state index is 0.205. The first-order valence-corrected chi connectivity index (χ1v) is 6.06. The van der Waals surface area contributed by atoms with E-state index in [9.17, 15) is 4.39 Å². The van der Waals surface area contributed by atoms with Crippen molar-refractivity contribution >= 4 is 11.6 Å². The summed E-state index contributed by atoms with van der Waals surface area (Å²) in [6.07, 6.45) is 0. The van der Waals surface area contributed by atoms with Gasteiger partial charge >= 0.3 is 0 Å². The lowest BCUT2D eigenvalue weighted by atomic mass is 9.99. The van der Waals surface area contributed by atoms with Crippen molar-refractivity contribution in [2.24, 2.45) is 0 Å². The minimum atomic E-state index is -0.205. The summed E-state index contributed by atoms with van der Waals surface area (Å²) in [4.78, 5) is 0. The monoisotopic (exact) mass is 248 g/mol. The van der Waals surface area contributed by atoms with Crippen molar-refractivity contribution < 1.29 is 4.39 Å². The summed E-state index contributed by atoms with van der Waals surface area (Å²) in [5.74, 6) is 0.196. The molecule has 17 heavy (non-hydrogen) atoms. The molecule has 0 aliphatic rings. The third kappa shape index (κ3) is 2.67. The van der Waals surface area contributed by atoms with Crippen LogP contribution in [-0.2, 0) is 5.88 Å². The average molecular weight is 249 g/mol. The third-order valence-corrected chi connectivity index (χ3v) is 3.03. The molecule has 2 aromatic carbocycles. The lowest BCUT2D eigenvalue weighted by Crippen LogP contribution is -1.89. The van der Waals surface area contributed by atoms with Gasteiger partial charge < -0.3 is 0 Å². The third-order valence-electron chi connectivity index (χ3n) is 2.72. The molecule has 0 unspecified atom stereocenters. The highest BCUT2D eigenvalue weighted by atomic mass is 35.5. The molecule has 0 heterocycles. The molecule has 0 spiro atoms. The van der Waals surface area contributed by atoms with E-state index in [4.69, 9.17) is 11.6 Å². The van der Waals surface area contributed by atoms with E-state index in [0.717, 1.165) is 22.3 Å². The Labute approximate surface area is 106 Å². The molecule has 0 amide bonds. The molecule has 0 saturated heterocycles. The fourth-order valence-corrected chi connectivity index (χ4v) is 2.17. The van der Waals surface area contributed by atoms with E-state index in [1.165, 1.54) is 6.07 Å². The van der Waals surface area contributed by atoms with Crippen LogP contribution >= 0.6 is 11.6 Å². The molecule has 2 heteroatoms. The highest BCUT2D eigenvalue weighted by molar-refractivity contribution is 6.17. The van der Waals surface area contributed by atoms with E-state index in [2.05, 4.69) is 6.07 Å². The van der Waals surface area contributed by atoms with Gasteiger partial charge in [-0.1, -0.05) is 35.4 Å². The first-order valence-electron chi connectivity index (χ1n) is 5.53. The highest BCUT2D eigenvalue weighted by Gasteiger charge is 2.07. The van der Waals surface area contributed by atoms with Gasteiger partial charge in [0.2, 0.25) is 0 Å². The van der Waals surface area contributed by atoms with Gasteiger partial charge in [0.15, 0.2) is 0 Å². The van der Waals surface area contributed by atoms with Gasteiger partial charge in [-0.05, 0) is 37.1 Å². The molecular formula is C15H14ClF. The van der Waals surface area contributed by atoms with E-state index in [-0.39, 0.29) is 5.82 Å². The molecule has 0 aliphatic carbocycles. The minimum Gasteiger partial charge on any atom is -0.206 e. The van der Waals surface area contributed by atoms with Gasteiger partial charge in [-0.25, -0.2) is 4.39 Å². The van der Waals surface area contributed by atoms with Gasteiger partial charge in [0.25, 0.3) is 0 Å². The molecule has 0 aromatic heterocycles.